The van der Waals surface area contributed by atoms with Crippen molar-refractivity contribution in [1.82, 2.24) is 19.6 Å². The molecule has 0 saturated carbocycles. The van der Waals surface area contributed by atoms with Gasteiger partial charge in [0.25, 0.3) is 5.91 Å². The van der Waals surface area contributed by atoms with Gasteiger partial charge in [-0.05, 0) is 25.2 Å². The van der Waals surface area contributed by atoms with E-state index < -0.39 is 0 Å². The standard InChI is InChI=1S/C18H27ClN4O3/c1-21-11-15(19)16(20-21)17(24)23-7-9-26-18(13-23)3-5-22(6-4-18)10-14-2-8-25-12-14/h11,14H,2-10,12-13H2,1H3. The number of piperidine rings is 1. The van der Waals surface area contributed by atoms with E-state index in [-0.39, 0.29) is 11.5 Å². The van der Waals surface area contributed by atoms with Crippen LogP contribution in [0.5, 0.6) is 0 Å². The fraction of sp³-hybridized carbons (Fsp3) is 0.778. The Balaban J connectivity index is 1.36. The molecule has 26 heavy (non-hydrogen) atoms. The number of carbonyl (C=O) groups excluding carboxylic acids is 1. The minimum absolute atomic E-state index is 0.0937. The van der Waals surface area contributed by atoms with Crippen LogP contribution in [0.15, 0.2) is 6.20 Å². The molecule has 1 aromatic rings. The summed E-state index contributed by atoms with van der Waals surface area (Å²) in [5.41, 5.74) is 0.113. The number of aromatic nitrogens is 2. The summed E-state index contributed by atoms with van der Waals surface area (Å²) in [7, 11) is 1.77. The zero-order chi connectivity index (χ0) is 18.1. The third-order valence-electron chi connectivity index (χ3n) is 5.83. The molecule has 1 spiro atoms. The quantitative estimate of drug-likeness (QED) is 0.791. The molecule has 3 fully saturated rings. The van der Waals surface area contributed by atoms with Gasteiger partial charge in [-0.25, -0.2) is 0 Å². The van der Waals surface area contributed by atoms with Crippen molar-refractivity contribution in [3.63, 3.8) is 0 Å². The summed E-state index contributed by atoms with van der Waals surface area (Å²) < 4.78 is 13.2. The third kappa shape index (κ3) is 3.76. The van der Waals surface area contributed by atoms with Crippen molar-refractivity contribution in [3.05, 3.63) is 16.9 Å². The SMILES string of the molecule is Cn1cc(Cl)c(C(=O)N2CCOC3(CCN(CC4CCOC4)CC3)C2)n1. The molecule has 1 amide bonds. The molecular weight excluding hydrogens is 356 g/mol. The topological polar surface area (TPSA) is 59.8 Å². The molecule has 0 radical (unpaired) electrons. The smallest absolute Gasteiger partial charge is 0.276 e. The van der Waals surface area contributed by atoms with Crippen LogP contribution in [0.2, 0.25) is 5.02 Å². The number of morpholine rings is 1. The number of hydrogen-bond acceptors (Lipinski definition) is 5. The summed E-state index contributed by atoms with van der Waals surface area (Å²) >= 11 is 6.16. The molecule has 0 aromatic carbocycles. The fourth-order valence-electron chi connectivity index (χ4n) is 4.31. The van der Waals surface area contributed by atoms with Gasteiger partial charge >= 0.3 is 0 Å². The van der Waals surface area contributed by atoms with E-state index in [2.05, 4.69) is 10.00 Å². The number of aryl methyl sites for hydroxylation is 1. The second kappa shape index (κ2) is 7.46. The van der Waals surface area contributed by atoms with E-state index in [4.69, 9.17) is 21.1 Å². The van der Waals surface area contributed by atoms with Crippen LogP contribution in [0.4, 0.5) is 0 Å². The Labute approximate surface area is 159 Å². The first-order valence-electron chi connectivity index (χ1n) is 9.47. The van der Waals surface area contributed by atoms with Crippen LogP contribution in [0.1, 0.15) is 29.8 Å². The lowest BCUT2D eigenvalue weighted by Crippen LogP contribution is -2.58. The Hall–Kier alpha value is -1.15. The van der Waals surface area contributed by atoms with Crippen LogP contribution < -0.4 is 0 Å². The summed E-state index contributed by atoms with van der Waals surface area (Å²) in [6.07, 6.45) is 4.75. The average molecular weight is 383 g/mol. The van der Waals surface area contributed by atoms with E-state index in [1.54, 1.807) is 17.9 Å². The van der Waals surface area contributed by atoms with Gasteiger partial charge < -0.3 is 19.3 Å². The molecule has 0 bridgehead atoms. The summed E-state index contributed by atoms with van der Waals surface area (Å²) in [5.74, 6) is 0.574. The van der Waals surface area contributed by atoms with Crippen LogP contribution in [-0.4, -0.2) is 83.6 Å². The van der Waals surface area contributed by atoms with Crippen LogP contribution in [0, 0.1) is 5.92 Å². The highest BCUT2D eigenvalue weighted by molar-refractivity contribution is 6.33. The van der Waals surface area contributed by atoms with Gasteiger partial charge in [0, 0.05) is 46.0 Å². The number of ether oxygens (including phenoxy) is 2. The number of carbonyl (C=O) groups is 1. The summed E-state index contributed by atoms with van der Waals surface area (Å²) in [4.78, 5) is 17.2. The van der Waals surface area contributed by atoms with Gasteiger partial charge in [-0.3, -0.25) is 9.48 Å². The summed E-state index contributed by atoms with van der Waals surface area (Å²) in [5, 5.41) is 4.63. The minimum atomic E-state index is -0.224. The van der Waals surface area contributed by atoms with Gasteiger partial charge in [0.05, 0.1) is 30.4 Å². The first-order valence-corrected chi connectivity index (χ1v) is 9.85. The van der Waals surface area contributed by atoms with Crippen LogP contribution in [0.25, 0.3) is 0 Å². The molecular formula is C18H27ClN4O3. The van der Waals surface area contributed by atoms with Gasteiger partial charge in [0.2, 0.25) is 0 Å². The van der Waals surface area contributed by atoms with E-state index in [9.17, 15) is 4.79 Å². The number of halogens is 1. The Morgan fingerprint density at radius 2 is 2.15 bits per heavy atom. The van der Waals surface area contributed by atoms with Crippen molar-refractivity contribution < 1.29 is 14.3 Å². The second-order valence-corrected chi connectivity index (χ2v) is 8.19. The van der Waals surface area contributed by atoms with Crippen molar-refractivity contribution in [2.45, 2.75) is 24.9 Å². The Morgan fingerprint density at radius 3 is 2.81 bits per heavy atom. The molecule has 3 aliphatic rings. The first kappa shape index (κ1) is 18.2. The predicted octanol–water partition coefficient (Wildman–Crippen LogP) is 1.42. The van der Waals surface area contributed by atoms with E-state index in [1.807, 2.05) is 4.90 Å². The van der Waals surface area contributed by atoms with Crippen molar-refractivity contribution in [2.75, 3.05) is 52.5 Å². The highest BCUT2D eigenvalue weighted by atomic mass is 35.5. The van der Waals surface area contributed by atoms with E-state index in [0.29, 0.717) is 36.3 Å². The summed E-state index contributed by atoms with van der Waals surface area (Å²) in [6, 6.07) is 0. The molecule has 8 heteroatoms. The highest BCUT2D eigenvalue weighted by Gasteiger charge is 2.42. The molecule has 4 heterocycles. The van der Waals surface area contributed by atoms with Gasteiger partial charge in [0.1, 0.15) is 0 Å². The number of hydrogen-bond donors (Lipinski definition) is 0. The molecule has 1 atom stereocenters. The Kier molecular flexibility index (Phi) is 5.23. The van der Waals surface area contributed by atoms with E-state index in [0.717, 1.165) is 45.7 Å². The van der Waals surface area contributed by atoms with Gasteiger partial charge in [-0.1, -0.05) is 11.6 Å². The monoisotopic (exact) mass is 382 g/mol. The van der Waals surface area contributed by atoms with Gasteiger partial charge in [-0.15, -0.1) is 0 Å². The van der Waals surface area contributed by atoms with Crippen LogP contribution >= 0.6 is 11.6 Å². The zero-order valence-electron chi connectivity index (χ0n) is 15.3. The van der Waals surface area contributed by atoms with Crippen molar-refractivity contribution in [2.24, 2.45) is 13.0 Å². The van der Waals surface area contributed by atoms with Crippen molar-refractivity contribution in [3.8, 4) is 0 Å². The average Bonchev–Trinajstić information content (AvgIpc) is 3.26. The number of rotatable bonds is 3. The lowest BCUT2D eigenvalue weighted by molar-refractivity contribution is -0.128. The predicted molar refractivity (Wildman–Crippen MR) is 97.4 cm³/mol. The van der Waals surface area contributed by atoms with Gasteiger partial charge in [0.15, 0.2) is 5.69 Å². The van der Waals surface area contributed by atoms with Crippen LogP contribution in [-0.2, 0) is 16.5 Å². The molecule has 0 aliphatic carbocycles. The Morgan fingerprint density at radius 1 is 1.35 bits per heavy atom. The molecule has 1 aromatic heterocycles. The number of nitrogens with zero attached hydrogens (tertiary/aromatic N) is 4. The van der Waals surface area contributed by atoms with Crippen molar-refractivity contribution in [1.29, 1.82) is 0 Å². The van der Waals surface area contributed by atoms with E-state index in [1.165, 1.54) is 6.42 Å². The lowest BCUT2D eigenvalue weighted by Gasteiger charge is -2.47. The molecule has 4 rings (SSSR count). The fourth-order valence-corrected chi connectivity index (χ4v) is 4.57. The Bertz CT molecular complexity index is 651. The molecule has 0 N–H and O–H groups in total. The molecule has 3 saturated heterocycles. The second-order valence-electron chi connectivity index (χ2n) is 7.79. The normalized spacial score (nSPS) is 26.5. The lowest BCUT2D eigenvalue weighted by atomic mass is 9.88. The maximum atomic E-state index is 12.8. The maximum absolute atomic E-state index is 12.8. The van der Waals surface area contributed by atoms with Gasteiger partial charge in [-0.2, -0.15) is 5.10 Å². The third-order valence-corrected chi connectivity index (χ3v) is 6.11. The number of amides is 1. The maximum Gasteiger partial charge on any atom is 0.276 e. The zero-order valence-corrected chi connectivity index (χ0v) is 16.1. The molecule has 3 aliphatic heterocycles. The highest BCUT2D eigenvalue weighted by Crippen LogP contribution is 2.32. The minimum Gasteiger partial charge on any atom is -0.381 e. The summed E-state index contributed by atoms with van der Waals surface area (Å²) in [6.45, 7) is 6.74. The largest absolute Gasteiger partial charge is 0.381 e. The van der Waals surface area contributed by atoms with Crippen molar-refractivity contribution >= 4 is 17.5 Å². The molecule has 144 valence electrons. The first-order chi connectivity index (χ1) is 12.5. The number of likely N-dealkylation sites (tertiary alicyclic amines) is 1. The van der Waals surface area contributed by atoms with Crippen LogP contribution in [0.3, 0.4) is 0 Å². The molecule has 1 unspecified atom stereocenters. The van der Waals surface area contributed by atoms with E-state index >= 15 is 0 Å². The molecule has 7 nitrogen and oxygen atoms in total.